The van der Waals surface area contributed by atoms with Crippen LogP contribution in [0.5, 0.6) is 0 Å². The minimum atomic E-state index is -1.14. The fraction of sp³-hybridized carbons (Fsp3) is 0.556. The number of hydrogen-bond donors (Lipinski definition) is 3. The Bertz CT molecular complexity index is 523. The molecule has 0 aliphatic heterocycles. The van der Waals surface area contributed by atoms with Crippen LogP contribution in [0.1, 0.15) is 50.0 Å². The second-order valence-corrected chi connectivity index (χ2v) is 6.58. The predicted molar refractivity (Wildman–Crippen MR) is 87.1 cm³/mol. The average Bonchev–Trinajstić information content (AvgIpc) is 2.55. The van der Waals surface area contributed by atoms with E-state index in [4.69, 9.17) is 10.8 Å². The summed E-state index contributed by atoms with van der Waals surface area (Å²) in [7, 11) is 0. The maximum absolute atomic E-state index is 11.4. The van der Waals surface area contributed by atoms with Crippen molar-refractivity contribution in [3.63, 3.8) is 0 Å². The van der Waals surface area contributed by atoms with Gasteiger partial charge < -0.3 is 15.9 Å². The summed E-state index contributed by atoms with van der Waals surface area (Å²) in [6, 6.07) is 9.31. The summed E-state index contributed by atoms with van der Waals surface area (Å²) in [5.74, 6) is -1.84. The second-order valence-electron chi connectivity index (χ2n) is 6.58. The average molecular weight is 319 g/mol. The van der Waals surface area contributed by atoms with Crippen LogP contribution in [0.25, 0.3) is 0 Å². The number of nitrogens with two attached hydrogens (primary N) is 1. The standard InChI is InChI=1S/C18H25NO4/c19-16(18(22)23)11-15(17(20)21)10-12-6-8-14(9-7-12)13-4-2-1-3-5-13/h1-5,12,14-16H,6-11,19H2,(H,20,21)(H,22,23)/t12?,14?,15-,16-/m0/s1. The highest BCUT2D eigenvalue weighted by Gasteiger charge is 2.30. The zero-order valence-corrected chi connectivity index (χ0v) is 13.2. The van der Waals surface area contributed by atoms with Crippen LogP contribution in [-0.4, -0.2) is 28.2 Å². The molecule has 0 radical (unpaired) electrons. The molecule has 1 aromatic carbocycles. The van der Waals surface area contributed by atoms with Gasteiger partial charge in [-0.2, -0.15) is 0 Å². The van der Waals surface area contributed by atoms with E-state index in [1.807, 2.05) is 6.07 Å². The van der Waals surface area contributed by atoms with Crippen LogP contribution < -0.4 is 5.73 Å². The lowest BCUT2D eigenvalue weighted by Gasteiger charge is -2.30. The van der Waals surface area contributed by atoms with Crippen LogP contribution in [0.3, 0.4) is 0 Å². The monoisotopic (exact) mass is 319 g/mol. The SMILES string of the molecule is N[C@@H](C[C@H](CC1CCC(c2ccccc2)CC1)C(=O)O)C(=O)O. The third-order valence-corrected chi connectivity index (χ3v) is 4.94. The largest absolute Gasteiger partial charge is 0.481 e. The van der Waals surface area contributed by atoms with Gasteiger partial charge in [0.1, 0.15) is 6.04 Å². The molecule has 1 aliphatic rings. The smallest absolute Gasteiger partial charge is 0.320 e. The fourth-order valence-electron chi connectivity index (χ4n) is 3.56. The zero-order chi connectivity index (χ0) is 16.8. The number of carbonyl (C=O) groups is 2. The van der Waals surface area contributed by atoms with Gasteiger partial charge in [0, 0.05) is 0 Å². The van der Waals surface area contributed by atoms with Gasteiger partial charge in [-0.05, 0) is 55.9 Å². The number of carboxylic acids is 2. The van der Waals surface area contributed by atoms with Gasteiger partial charge in [-0.1, -0.05) is 30.3 Å². The third kappa shape index (κ3) is 5.06. The van der Waals surface area contributed by atoms with Crippen LogP contribution in [0.2, 0.25) is 0 Å². The van der Waals surface area contributed by atoms with Crippen LogP contribution >= 0.6 is 0 Å². The molecule has 1 fully saturated rings. The van der Waals surface area contributed by atoms with Gasteiger partial charge in [-0.3, -0.25) is 9.59 Å². The molecule has 2 rings (SSSR count). The second kappa shape index (κ2) is 8.11. The number of aliphatic carboxylic acids is 2. The first-order valence-corrected chi connectivity index (χ1v) is 8.23. The molecule has 1 aromatic rings. The predicted octanol–water partition coefficient (Wildman–Crippen LogP) is 2.85. The maximum Gasteiger partial charge on any atom is 0.320 e. The molecule has 2 atom stereocenters. The van der Waals surface area contributed by atoms with Crippen molar-refractivity contribution >= 4 is 11.9 Å². The van der Waals surface area contributed by atoms with Gasteiger partial charge in [0.25, 0.3) is 0 Å². The van der Waals surface area contributed by atoms with E-state index >= 15 is 0 Å². The van der Waals surface area contributed by atoms with Gasteiger partial charge in [0.15, 0.2) is 0 Å². The van der Waals surface area contributed by atoms with Crippen LogP contribution in [0.15, 0.2) is 30.3 Å². The lowest BCUT2D eigenvalue weighted by Crippen LogP contribution is -2.35. The van der Waals surface area contributed by atoms with Crippen molar-refractivity contribution in [1.29, 1.82) is 0 Å². The first-order valence-electron chi connectivity index (χ1n) is 8.23. The summed E-state index contributed by atoms with van der Waals surface area (Å²) in [5, 5.41) is 18.2. The summed E-state index contributed by atoms with van der Waals surface area (Å²) in [5.41, 5.74) is 6.85. The molecule has 0 unspecified atom stereocenters. The van der Waals surface area contributed by atoms with E-state index in [0.29, 0.717) is 18.3 Å². The molecule has 5 heteroatoms. The first kappa shape index (κ1) is 17.5. The quantitative estimate of drug-likeness (QED) is 0.717. The van der Waals surface area contributed by atoms with E-state index in [2.05, 4.69) is 24.3 Å². The Balaban J connectivity index is 1.86. The number of benzene rings is 1. The molecule has 4 N–H and O–H groups in total. The van der Waals surface area contributed by atoms with Gasteiger partial charge in [0.05, 0.1) is 5.92 Å². The first-order chi connectivity index (χ1) is 11.0. The van der Waals surface area contributed by atoms with E-state index in [1.54, 1.807) is 0 Å². The summed E-state index contributed by atoms with van der Waals surface area (Å²) in [6.07, 6.45) is 4.64. The van der Waals surface area contributed by atoms with Gasteiger partial charge >= 0.3 is 11.9 Å². The van der Waals surface area contributed by atoms with Crippen LogP contribution in [0.4, 0.5) is 0 Å². The molecule has 0 heterocycles. The Hall–Kier alpha value is -1.88. The molecule has 5 nitrogen and oxygen atoms in total. The number of rotatable bonds is 7. The summed E-state index contributed by atoms with van der Waals surface area (Å²) >= 11 is 0. The van der Waals surface area contributed by atoms with Gasteiger partial charge in [-0.15, -0.1) is 0 Å². The maximum atomic E-state index is 11.4. The highest BCUT2D eigenvalue weighted by molar-refractivity contribution is 5.75. The van der Waals surface area contributed by atoms with Crippen molar-refractivity contribution in [3.05, 3.63) is 35.9 Å². The Kier molecular flexibility index (Phi) is 6.16. The Morgan fingerprint density at radius 1 is 1.04 bits per heavy atom. The van der Waals surface area contributed by atoms with E-state index in [1.165, 1.54) is 5.56 Å². The Labute approximate surface area is 136 Å². The van der Waals surface area contributed by atoms with E-state index < -0.39 is 23.9 Å². The Morgan fingerprint density at radius 2 is 1.65 bits per heavy atom. The topological polar surface area (TPSA) is 101 Å². The molecule has 1 aliphatic carbocycles. The molecule has 0 spiro atoms. The molecule has 0 aromatic heterocycles. The van der Waals surface area contributed by atoms with Crippen molar-refractivity contribution in [1.82, 2.24) is 0 Å². The molecule has 1 saturated carbocycles. The summed E-state index contributed by atoms with van der Waals surface area (Å²) in [4.78, 5) is 22.2. The molecular formula is C18H25NO4. The van der Waals surface area contributed by atoms with Crippen molar-refractivity contribution in [2.24, 2.45) is 17.6 Å². The fourth-order valence-corrected chi connectivity index (χ4v) is 3.56. The van der Waals surface area contributed by atoms with E-state index in [-0.39, 0.29) is 6.42 Å². The molecular weight excluding hydrogens is 294 g/mol. The number of carboxylic acid groups (broad SMARTS) is 2. The minimum absolute atomic E-state index is 0.00325. The van der Waals surface area contributed by atoms with E-state index in [9.17, 15) is 14.7 Å². The minimum Gasteiger partial charge on any atom is -0.481 e. The molecule has 0 amide bonds. The van der Waals surface area contributed by atoms with E-state index in [0.717, 1.165) is 25.7 Å². The summed E-state index contributed by atoms with van der Waals surface area (Å²) < 4.78 is 0. The lowest BCUT2D eigenvalue weighted by atomic mass is 9.75. The van der Waals surface area contributed by atoms with Crippen molar-refractivity contribution in [3.8, 4) is 0 Å². The van der Waals surface area contributed by atoms with Crippen LogP contribution in [-0.2, 0) is 9.59 Å². The highest BCUT2D eigenvalue weighted by atomic mass is 16.4. The molecule has 0 bridgehead atoms. The highest BCUT2D eigenvalue weighted by Crippen LogP contribution is 2.38. The van der Waals surface area contributed by atoms with Crippen LogP contribution in [0, 0.1) is 11.8 Å². The molecule has 0 saturated heterocycles. The normalized spacial score (nSPS) is 23.9. The van der Waals surface area contributed by atoms with Gasteiger partial charge in [-0.25, -0.2) is 0 Å². The van der Waals surface area contributed by atoms with Crippen molar-refractivity contribution in [2.75, 3.05) is 0 Å². The zero-order valence-electron chi connectivity index (χ0n) is 13.2. The van der Waals surface area contributed by atoms with Gasteiger partial charge in [0.2, 0.25) is 0 Å². The third-order valence-electron chi connectivity index (χ3n) is 4.94. The Morgan fingerprint density at radius 3 is 2.17 bits per heavy atom. The number of hydrogen-bond acceptors (Lipinski definition) is 3. The van der Waals surface area contributed by atoms with Crippen molar-refractivity contribution in [2.45, 2.75) is 50.5 Å². The summed E-state index contributed by atoms with van der Waals surface area (Å²) in [6.45, 7) is 0. The molecule has 126 valence electrons. The lowest BCUT2D eigenvalue weighted by molar-refractivity contribution is -0.144. The van der Waals surface area contributed by atoms with Crippen molar-refractivity contribution < 1.29 is 19.8 Å². The molecule has 23 heavy (non-hydrogen) atoms.